The molecule has 0 saturated heterocycles. The fourth-order valence-corrected chi connectivity index (χ4v) is 4.47. The van der Waals surface area contributed by atoms with Crippen LogP contribution in [0.5, 0.6) is 0 Å². The van der Waals surface area contributed by atoms with Crippen molar-refractivity contribution < 1.29 is 13.6 Å². The van der Waals surface area contributed by atoms with Crippen molar-refractivity contribution in [3.63, 3.8) is 0 Å². The number of hydrogen-bond donors (Lipinski definition) is 3. The molecule has 4 N–H and O–H groups in total. The molecule has 0 saturated carbocycles. The Hall–Kier alpha value is -0.830. The first kappa shape index (κ1) is 18.2. The lowest BCUT2D eigenvalue weighted by Crippen LogP contribution is -2.56. The van der Waals surface area contributed by atoms with Crippen LogP contribution < -0.4 is 10.5 Å². The third-order valence-corrected chi connectivity index (χ3v) is 5.83. The van der Waals surface area contributed by atoms with Crippen molar-refractivity contribution in [3.8, 4) is 0 Å². The summed E-state index contributed by atoms with van der Waals surface area (Å²) in [5, 5.41) is 11.9. The number of amidine groups is 1. The molecule has 0 radical (unpaired) electrons. The average Bonchev–Trinajstić information content (AvgIpc) is 2.43. The first-order valence-electron chi connectivity index (χ1n) is 6.19. The van der Waals surface area contributed by atoms with Crippen molar-refractivity contribution in [2.45, 2.75) is 37.1 Å². The Balaban J connectivity index is 3.31. The number of hydrogen-bond acceptors (Lipinski definition) is 4. The Kier molecular flexibility index (Phi) is 6.03. The molecule has 0 unspecified atom stereocenters. The molecular formula is C12H17BrClN3O3S. The van der Waals surface area contributed by atoms with E-state index in [0.717, 1.165) is 0 Å². The molecular weight excluding hydrogens is 382 g/mol. The molecule has 1 aromatic carbocycles. The van der Waals surface area contributed by atoms with Crippen molar-refractivity contribution in [2.75, 3.05) is 0 Å². The molecule has 0 bridgehead atoms. The number of nitrogens with one attached hydrogen (secondary N) is 1. The zero-order valence-corrected chi connectivity index (χ0v) is 14.8. The number of sulfonamides is 1. The quantitative estimate of drug-likeness (QED) is 0.296. The van der Waals surface area contributed by atoms with Crippen LogP contribution in [0.1, 0.15) is 26.7 Å². The third kappa shape index (κ3) is 3.88. The number of nitrogens with two attached hydrogens (primary N) is 1. The Morgan fingerprint density at radius 1 is 1.48 bits per heavy atom. The fraction of sp³-hybridized carbons (Fsp3) is 0.417. The third-order valence-electron chi connectivity index (χ3n) is 3.32. The molecule has 0 aliphatic heterocycles. The summed E-state index contributed by atoms with van der Waals surface area (Å²) in [6, 6.07) is 4.44. The molecule has 0 aliphatic carbocycles. The van der Waals surface area contributed by atoms with Crippen LogP contribution in [0.2, 0.25) is 5.02 Å². The zero-order valence-electron chi connectivity index (χ0n) is 11.6. The van der Waals surface area contributed by atoms with Crippen LogP contribution in [0.25, 0.3) is 0 Å². The van der Waals surface area contributed by atoms with Gasteiger partial charge in [-0.2, -0.15) is 4.72 Å². The summed E-state index contributed by atoms with van der Waals surface area (Å²) >= 11 is 9.20. The lowest BCUT2D eigenvalue weighted by molar-refractivity contribution is 0.307. The number of nitrogens with zero attached hydrogens (tertiary/aromatic N) is 1. The molecule has 0 amide bonds. The van der Waals surface area contributed by atoms with E-state index in [4.69, 9.17) is 22.5 Å². The minimum atomic E-state index is -3.92. The van der Waals surface area contributed by atoms with Crippen molar-refractivity contribution in [3.05, 3.63) is 27.7 Å². The molecule has 0 aliphatic rings. The topological polar surface area (TPSA) is 105 Å². The van der Waals surface area contributed by atoms with Gasteiger partial charge in [0.15, 0.2) is 5.84 Å². The minimum absolute atomic E-state index is 0.0654. The molecule has 1 rings (SSSR count). The van der Waals surface area contributed by atoms with Crippen LogP contribution in [0.3, 0.4) is 0 Å². The number of oxime groups is 1. The zero-order chi connectivity index (χ0) is 16.3. The first-order valence-corrected chi connectivity index (χ1v) is 8.85. The summed E-state index contributed by atoms with van der Waals surface area (Å²) in [7, 11) is -3.92. The van der Waals surface area contributed by atoms with Crippen LogP contribution in [-0.2, 0) is 10.0 Å². The normalized spacial score (nSPS) is 13.4. The summed E-state index contributed by atoms with van der Waals surface area (Å²) in [4.78, 5) is -0.0654. The van der Waals surface area contributed by atoms with Crippen LogP contribution in [0.4, 0.5) is 0 Å². The molecule has 0 aromatic heterocycles. The van der Waals surface area contributed by atoms with Gasteiger partial charge in [0, 0.05) is 4.47 Å². The van der Waals surface area contributed by atoms with Gasteiger partial charge in [-0.25, -0.2) is 8.42 Å². The summed E-state index contributed by atoms with van der Waals surface area (Å²) in [6.45, 7) is 3.49. The van der Waals surface area contributed by atoms with Crippen molar-refractivity contribution in [1.29, 1.82) is 0 Å². The Morgan fingerprint density at radius 3 is 2.48 bits per heavy atom. The largest absolute Gasteiger partial charge is 0.409 e. The van der Waals surface area contributed by atoms with E-state index in [2.05, 4.69) is 25.8 Å². The maximum atomic E-state index is 12.5. The lowest BCUT2D eigenvalue weighted by Gasteiger charge is -2.31. The molecule has 0 atom stereocenters. The minimum Gasteiger partial charge on any atom is -0.409 e. The second-order valence-electron chi connectivity index (χ2n) is 4.45. The molecule has 9 heteroatoms. The predicted molar refractivity (Wildman–Crippen MR) is 86.2 cm³/mol. The van der Waals surface area contributed by atoms with Gasteiger partial charge in [0.1, 0.15) is 4.90 Å². The van der Waals surface area contributed by atoms with Gasteiger partial charge >= 0.3 is 0 Å². The number of rotatable bonds is 6. The summed E-state index contributed by atoms with van der Waals surface area (Å²) in [5.74, 6) is -0.190. The maximum absolute atomic E-state index is 12.5. The van der Waals surface area contributed by atoms with Gasteiger partial charge in [-0.05, 0) is 31.0 Å². The Bertz CT molecular complexity index is 645. The molecule has 0 heterocycles. The molecule has 6 nitrogen and oxygen atoms in total. The van der Waals surface area contributed by atoms with E-state index < -0.39 is 15.6 Å². The van der Waals surface area contributed by atoms with Crippen LogP contribution in [0.15, 0.2) is 32.7 Å². The summed E-state index contributed by atoms with van der Waals surface area (Å²) < 4.78 is 28.2. The van der Waals surface area contributed by atoms with E-state index in [0.29, 0.717) is 17.3 Å². The van der Waals surface area contributed by atoms with E-state index >= 15 is 0 Å². The van der Waals surface area contributed by atoms with Gasteiger partial charge in [-0.15, -0.1) is 0 Å². The van der Waals surface area contributed by atoms with Crippen LogP contribution in [-0.4, -0.2) is 25.0 Å². The van der Waals surface area contributed by atoms with Gasteiger partial charge in [-0.3, -0.25) is 0 Å². The smallest absolute Gasteiger partial charge is 0.242 e. The first-order chi connectivity index (χ1) is 9.72. The highest BCUT2D eigenvalue weighted by atomic mass is 79.9. The molecule has 21 heavy (non-hydrogen) atoms. The summed E-state index contributed by atoms with van der Waals surface area (Å²) in [5.41, 5.74) is 4.49. The van der Waals surface area contributed by atoms with Crippen molar-refractivity contribution >= 4 is 43.4 Å². The second kappa shape index (κ2) is 6.95. The van der Waals surface area contributed by atoms with Crippen molar-refractivity contribution in [1.82, 2.24) is 4.72 Å². The predicted octanol–water partition coefficient (Wildman–Crippen LogP) is 2.69. The van der Waals surface area contributed by atoms with E-state index in [1.54, 1.807) is 19.9 Å². The highest BCUT2D eigenvalue weighted by molar-refractivity contribution is 9.10. The van der Waals surface area contributed by atoms with Gasteiger partial charge in [0.2, 0.25) is 10.0 Å². The lowest BCUT2D eigenvalue weighted by atomic mass is 9.93. The maximum Gasteiger partial charge on any atom is 0.242 e. The highest BCUT2D eigenvalue weighted by Gasteiger charge is 2.37. The highest BCUT2D eigenvalue weighted by Crippen LogP contribution is 2.27. The SMILES string of the molecule is CCC(CC)(NS(=O)(=O)c1ccc(Br)cc1Cl)/C(N)=N/O. The molecule has 0 fully saturated rings. The fourth-order valence-electron chi connectivity index (χ4n) is 1.91. The standard InChI is InChI=1S/C12H17BrClN3O3S/c1-3-12(4-2,11(15)16-18)17-21(19,20)10-6-5-8(13)7-9(10)14/h5-7,17-18H,3-4H2,1-2H3,(H2,15,16). The van der Waals surface area contributed by atoms with E-state index in [9.17, 15) is 8.42 Å². The van der Waals surface area contributed by atoms with E-state index in [1.165, 1.54) is 12.1 Å². The van der Waals surface area contributed by atoms with E-state index in [1.807, 2.05) is 0 Å². The van der Waals surface area contributed by atoms with Crippen molar-refractivity contribution in [2.24, 2.45) is 10.9 Å². The van der Waals surface area contributed by atoms with Gasteiger partial charge in [0.25, 0.3) is 0 Å². The van der Waals surface area contributed by atoms with E-state index in [-0.39, 0.29) is 15.8 Å². The number of benzene rings is 1. The van der Waals surface area contributed by atoms with Gasteiger partial charge in [-0.1, -0.05) is 46.5 Å². The molecule has 0 spiro atoms. The van der Waals surface area contributed by atoms with Crippen LogP contribution in [0, 0.1) is 0 Å². The van der Waals surface area contributed by atoms with Crippen LogP contribution >= 0.6 is 27.5 Å². The monoisotopic (exact) mass is 397 g/mol. The van der Waals surface area contributed by atoms with Gasteiger partial charge in [0.05, 0.1) is 10.6 Å². The molecule has 1 aromatic rings. The Labute approximate surface area is 137 Å². The Morgan fingerprint density at radius 2 is 2.05 bits per heavy atom. The summed E-state index contributed by atoms with van der Waals surface area (Å²) in [6.07, 6.45) is 0.652. The van der Waals surface area contributed by atoms with Gasteiger partial charge < -0.3 is 10.9 Å². The second-order valence-corrected chi connectivity index (χ2v) is 7.43. The number of halogens is 2. The molecule has 118 valence electrons. The average molecular weight is 399 g/mol.